The minimum Gasteiger partial charge on any atom is -0.506 e. The summed E-state index contributed by atoms with van der Waals surface area (Å²) in [6, 6.07) is 38.3. The Bertz CT molecular complexity index is 5720. The van der Waals surface area contributed by atoms with Gasteiger partial charge in [-0.15, -0.1) is 11.6 Å². The van der Waals surface area contributed by atoms with Gasteiger partial charge in [-0.1, -0.05) is 198 Å². The van der Waals surface area contributed by atoms with Gasteiger partial charge in [-0.05, 0) is 174 Å². The average Bonchev–Trinajstić information content (AvgIpc) is 1.41. The van der Waals surface area contributed by atoms with Gasteiger partial charge in [-0.3, -0.25) is 4.79 Å². The Balaban J connectivity index is 0.000000116. The topological polar surface area (TPSA) is 218 Å². The number of carbonyl (C=O) groups excluding carboxylic acids is 2. The van der Waals surface area contributed by atoms with Crippen LogP contribution in [0.3, 0.4) is 0 Å². The zero-order valence-corrected chi connectivity index (χ0v) is 74.4. The highest BCUT2D eigenvalue weighted by Crippen LogP contribution is 2.67. The maximum atomic E-state index is 11.3. The number of aliphatic hydroxyl groups is 1. The predicted octanol–water partition coefficient (Wildman–Crippen LogP) is 26.0. The molecule has 9 fully saturated rings. The second-order valence-electron chi connectivity index (χ2n) is 33.3. The molecule has 17 nitrogen and oxygen atoms in total. The predicted molar refractivity (Wildman–Crippen MR) is 473 cm³/mol. The first-order chi connectivity index (χ1) is 56.1. The van der Waals surface area contributed by atoms with E-state index in [1.54, 1.807) is 55.4 Å². The molecule has 118 heavy (non-hydrogen) atoms. The van der Waals surface area contributed by atoms with Crippen molar-refractivity contribution in [2.75, 3.05) is 7.11 Å². The van der Waals surface area contributed by atoms with Crippen molar-refractivity contribution in [2.24, 2.45) is 34.5 Å². The van der Waals surface area contributed by atoms with E-state index in [1.165, 1.54) is 44.6 Å². The summed E-state index contributed by atoms with van der Waals surface area (Å²) in [5.74, 6) is 2.06. The molecule has 3 aliphatic heterocycles. The molecule has 9 aliphatic rings. The maximum Gasteiger partial charge on any atom is 0.477 e. The Morgan fingerprint density at radius 2 is 0.898 bits per heavy atom. The second kappa shape index (κ2) is 35.3. The maximum absolute atomic E-state index is 11.3. The molecule has 6 aromatic heterocycles. The summed E-state index contributed by atoms with van der Waals surface area (Å²) in [5, 5.41) is 28.0. The fraction of sp³-hybridized carbons (Fsp3) is 0.371. The van der Waals surface area contributed by atoms with Crippen LogP contribution in [-0.2, 0) is 63.7 Å². The van der Waals surface area contributed by atoms with Gasteiger partial charge in [0.1, 0.15) is 23.2 Å². The monoisotopic (exact) mass is 1820 g/mol. The standard InChI is InChI=1S/C20H23BCl2O3.C19H22BClO3.C15H18BClO3.C10H7ClO3.C9H6BrClO.C9H7ClO2.C7H5ClO2/c1-19(2)12-8-15(19)20(3)16(9-12)25-21(26-20)17(23)7-11-10-24-14-6-4-5-13(22)18(11)14;1-18(2)12-7-15(18)19(3)16(8-12)23-20(24-19)9-11-10-22-17-13(11)5-4-6-14(17)21;1-14(2)15(3,4)20-16(19-14)8-10-9-18-13-11(10)6-5-7-12(13)17;1-13-10(12)7-5-14-9-6(7)3-2-4-8(9)11;10-4-6-5-12-9-7(6)2-1-3-8(9)11;10-8-3-1-2-7-6(4-11)5-12-9(7)8;8-6-3-1-2-5(4-9)7(6)10/h4-6,10,12,15-17H,7-9H2,1-3H3;4-6,10,12,15-16H,7-9H2,1-3H3;5-7,9H,8H2,1-4H3;2-5H,1H3;1-3,5H,4H2;1-3,5,11H,4H2;1-4,10H/t12-,15-,16+,17+,20-;12-,15-,16?,19-;;;;;/m00...../s1. The highest BCUT2D eigenvalue weighted by atomic mass is 79.9. The van der Waals surface area contributed by atoms with E-state index < -0.39 is 13.1 Å². The minimum absolute atomic E-state index is 0.0205. The summed E-state index contributed by atoms with van der Waals surface area (Å²) in [6.45, 7) is 22.2. The highest BCUT2D eigenvalue weighted by Gasteiger charge is 2.69. The molecule has 7 aromatic carbocycles. The van der Waals surface area contributed by atoms with Crippen molar-refractivity contribution in [2.45, 2.75) is 166 Å². The van der Waals surface area contributed by atoms with Gasteiger partial charge in [0.05, 0.1) is 126 Å². The van der Waals surface area contributed by atoms with E-state index in [1.807, 2.05) is 84.9 Å². The Hall–Kier alpha value is -6.57. The number of esters is 1. The van der Waals surface area contributed by atoms with Crippen LogP contribution in [-0.4, -0.2) is 90.8 Å². The molecule has 29 heteroatoms. The van der Waals surface area contributed by atoms with Crippen molar-refractivity contribution in [3.05, 3.63) is 239 Å². The average molecular weight is 1830 g/mol. The van der Waals surface area contributed by atoms with Crippen LogP contribution in [0.2, 0.25) is 35.2 Å². The van der Waals surface area contributed by atoms with Crippen LogP contribution in [0.1, 0.15) is 143 Å². The van der Waals surface area contributed by atoms with Crippen LogP contribution in [0, 0.1) is 34.5 Å². The van der Waals surface area contributed by atoms with Gasteiger partial charge in [0.25, 0.3) is 0 Å². The number of hydrogen-bond donors (Lipinski definition) is 2. The number of halogens is 9. The van der Waals surface area contributed by atoms with Crippen LogP contribution in [0.5, 0.6) is 5.75 Å². The van der Waals surface area contributed by atoms with E-state index in [4.69, 9.17) is 157 Å². The number of aliphatic hydroxyl groups excluding tert-OH is 1. The molecule has 1 unspecified atom stereocenters. The summed E-state index contributed by atoms with van der Waals surface area (Å²) in [7, 11) is 0.468. The zero-order valence-electron chi connectivity index (χ0n) is 66.7. The van der Waals surface area contributed by atoms with Crippen LogP contribution in [0.25, 0.3) is 65.8 Å². The number of aromatic hydroxyl groups is 1. The lowest BCUT2D eigenvalue weighted by molar-refractivity contribution is -0.199. The third-order valence-corrected chi connectivity index (χ3v) is 28.4. The Labute approximate surface area is 733 Å². The molecule has 6 aliphatic carbocycles. The van der Waals surface area contributed by atoms with Crippen molar-refractivity contribution in [1.82, 2.24) is 0 Å². The lowest BCUT2D eigenvalue weighted by atomic mass is 9.43. The molecule has 9 atom stereocenters. The van der Waals surface area contributed by atoms with Crippen molar-refractivity contribution < 1.29 is 79.0 Å². The van der Waals surface area contributed by atoms with Crippen molar-refractivity contribution in [1.29, 1.82) is 0 Å². The molecule has 4 bridgehead atoms. The van der Waals surface area contributed by atoms with E-state index >= 15 is 0 Å². The van der Waals surface area contributed by atoms with Crippen molar-refractivity contribution >= 4 is 208 Å². The number of methoxy groups -OCH3 is 1. The van der Waals surface area contributed by atoms with Gasteiger partial charge in [0.2, 0.25) is 0 Å². The van der Waals surface area contributed by atoms with E-state index in [0.29, 0.717) is 100 Å². The quantitative estimate of drug-likeness (QED) is 0.0532. The van der Waals surface area contributed by atoms with Crippen LogP contribution < -0.4 is 0 Å². The summed E-state index contributed by atoms with van der Waals surface area (Å²) < 4.78 is 74.7. The molecule has 9 heterocycles. The van der Waals surface area contributed by atoms with Gasteiger partial charge in [-0.2, -0.15) is 0 Å². The smallest absolute Gasteiger partial charge is 0.477 e. The van der Waals surface area contributed by atoms with Crippen LogP contribution in [0.15, 0.2) is 191 Å². The van der Waals surface area contributed by atoms with Gasteiger partial charge in [0.15, 0.2) is 34.2 Å². The first kappa shape index (κ1) is 87.8. The largest absolute Gasteiger partial charge is 0.506 e. The number of phenols is 1. The fourth-order valence-electron chi connectivity index (χ4n) is 17.8. The van der Waals surface area contributed by atoms with Crippen molar-refractivity contribution in [3.63, 3.8) is 0 Å². The number of aldehydes is 1. The molecule has 3 saturated heterocycles. The third kappa shape index (κ3) is 17.1. The SMILES string of the molecule is CC1(C)OB(Cc2coc3c(Cl)cccc23)OC1(C)C.CC1(C)[C@@H]2CC3OB(Cc4coc5c(Cl)cccc45)O[C@@]3(C)[C@H]1C2.CC1(C)[C@@H]2C[C@H]3OB([C@H](Cl)Cc4coc5cccc(Cl)c45)O[C@@]3(C)[C@H]1C2.COC(=O)c1coc2c(Cl)cccc12.Clc1cccc2c(CBr)coc12.O=Cc1cccc(Cl)c1O.OCc1coc2c(Cl)cccc12. The Kier molecular flexibility index (Phi) is 26.3. The Morgan fingerprint density at radius 3 is 1.38 bits per heavy atom. The fourth-order valence-corrected chi connectivity index (χ4v) is 20.1. The first-order valence-electron chi connectivity index (χ1n) is 38.9. The van der Waals surface area contributed by atoms with Gasteiger partial charge in [0, 0.05) is 67.0 Å². The van der Waals surface area contributed by atoms with E-state index in [0.717, 1.165) is 107 Å². The number of carbonyl (C=O) groups is 2. The molecule has 2 N–H and O–H groups in total. The van der Waals surface area contributed by atoms with Crippen molar-refractivity contribution in [3.8, 4) is 5.75 Å². The number of fused-ring (bicyclic) bond motifs is 6. The number of rotatable bonds is 11. The minimum atomic E-state index is -0.425. The Morgan fingerprint density at radius 1 is 0.492 bits per heavy atom. The molecule has 0 spiro atoms. The van der Waals surface area contributed by atoms with E-state index in [2.05, 4.69) is 89.9 Å². The first-order valence-corrected chi connectivity index (χ1v) is 43.1. The molecule has 6 saturated carbocycles. The second-order valence-corrected chi connectivity index (χ2v) is 37.2. The lowest BCUT2D eigenvalue weighted by Gasteiger charge is -2.64. The summed E-state index contributed by atoms with van der Waals surface area (Å²) in [4.78, 5) is 21.4. The van der Waals surface area contributed by atoms with E-state index in [9.17, 15) is 9.59 Å². The molecular formula is C89H88B3BrCl8O17. The van der Waals surface area contributed by atoms with E-state index in [-0.39, 0.29) is 77.1 Å². The summed E-state index contributed by atoms with van der Waals surface area (Å²) >= 11 is 51.9. The number of hydrogen-bond acceptors (Lipinski definition) is 17. The third-order valence-electron chi connectivity index (χ3n) is 25.3. The number of furan rings is 6. The lowest BCUT2D eigenvalue weighted by Crippen LogP contribution is -2.65. The van der Waals surface area contributed by atoms with Gasteiger partial charge >= 0.3 is 27.3 Å². The number of para-hydroxylation sites is 6. The molecule has 0 radical (unpaired) electrons. The summed E-state index contributed by atoms with van der Waals surface area (Å²) in [6.07, 6.45) is 17.5. The highest BCUT2D eigenvalue weighted by molar-refractivity contribution is 9.08. The van der Waals surface area contributed by atoms with Gasteiger partial charge < -0.3 is 69.4 Å². The number of ether oxygens (including phenoxy) is 1. The molecule has 618 valence electrons. The number of phenolic OH excluding ortho intramolecular Hbond substituents is 1. The molecule has 13 aromatic rings. The molecular weight excluding hydrogens is 1740 g/mol. The van der Waals surface area contributed by atoms with Gasteiger partial charge in [-0.25, -0.2) is 4.79 Å². The molecule has 0 amide bonds. The van der Waals surface area contributed by atoms with Crippen LogP contribution in [0.4, 0.5) is 0 Å². The number of alkyl halides is 2. The normalized spacial score (nSPS) is 23.1. The zero-order chi connectivity index (χ0) is 84.3. The summed E-state index contributed by atoms with van der Waals surface area (Å²) in [5.41, 5.74) is 9.56. The number of benzene rings is 7. The van der Waals surface area contributed by atoms with Crippen LogP contribution >= 0.6 is 109 Å². The molecule has 22 rings (SSSR count).